The molecule has 2 heteroatoms. The molecule has 0 spiro atoms. The minimum absolute atomic E-state index is 0.181. The highest BCUT2D eigenvalue weighted by Crippen LogP contribution is 2.41. The molecule has 2 aromatic rings. The van der Waals surface area contributed by atoms with Crippen LogP contribution in [-0.4, -0.2) is 12.2 Å². The molecular formula is C17H18O2. The number of hydrogen-bond donors (Lipinski definition) is 1. The number of aryl methyl sites for hydroxylation is 1. The van der Waals surface area contributed by atoms with Gasteiger partial charge in [0.05, 0.1) is 13.2 Å². The normalized spacial score (nSPS) is 21.8. The summed E-state index contributed by atoms with van der Waals surface area (Å²) in [5.41, 5.74) is 3.46. The maximum atomic E-state index is 10.6. The second kappa shape index (κ2) is 5.06. The van der Waals surface area contributed by atoms with E-state index in [0.717, 1.165) is 24.2 Å². The summed E-state index contributed by atoms with van der Waals surface area (Å²) in [7, 11) is 1.66. The van der Waals surface area contributed by atoms with Gasteiger partial charge >= 0.3 is 0 Å². The lowest BCUT2D eigenvalue weighted by molar-refractivity contribution is 0.131. The van der Waals surface area contributed by atoms with Gasteiger partial charge < -0.3 is 9.84 Å². The highest BCUT2D eigenvalue weighted by atomic mass is 16.5. The van der Waals surface area contributed by atoms with E-state index in [2.05, 4.69) is 18.2 Å². The molecule has 3 rings (SSSR count). The molecule has 1 aliphatic rings. The summed E-state index contributed by atoms with van der Waals surface area (Å²) in [5, 5.41) is 10.6. The van der Waals surface area contributed by atoms with E-state index in [-0.39, 0.29) is 5.92 Å². The van der Waals surface area contributed by atoms with Crippen LogP contribution in [0.3, 0.4) is 0 Å². The highest BCUT2D eigenvalue weighted by Gasteiger charge is 2.29. The van der Waals surface area contributed by atoms with E-state index in [4.69, 9.17) is 4.74 Å². The van der Waals surface area contributed by atoms with Crippen LogP contribution in [0.4, 0.5) is 0 Å². The molecule has 1 aliphatic carbocycles. The Labute approximate surface area is 113 Å². The van der Waals surface area contributed by atoms with Crippen molar-refractivity contribution in [3.8, 4) is 5.75 Å². The van der Waals surface area contributed by atoms with Gasteiger partial charge in [0.15, 0.2) is 0 Å². The minimum atomic E-state index is -0.443. The minimum Gasteiger partial charge on any atom is -0.497 e. The van der Waals surface area contributed by atoms with Crippen LogP contribution < -0.4 is 4.74 Å². The number of methoxy groups -OCH3 is 1. The Balaban J connectivity index is 1.97. The van der Waals surface area contributed by atoms with Crippen molar-refractivity contribution in [1.29, 1.82) is 0 Å². The Morgan fingerprint density at radius 3 is 2.63 bits per heavy atom. The molecule has 0 aromatic heterocycles. The zero-order valence-electron chi connectivity index (χ0n) is 11.0. The van der Waals surface area contributed by atoms with Crippen molar-refractivity contribution in [2.75, 3.05) is 7.11 Å². The molecule has 0 bridgehead atoms. The lowest BCUT2D eigenvalue weighted by Gasteiger charge is -2.30. The number of benzene rings is 2. The van der Waals surface area contributed by atoms with Crippen molar-refractivity contribution < 1.29 is 9.84 Å². The molecule has 2 atom stereocenters. The predicted octanol–water partition coefficient (Wildman–Crippen LogP) is 3.46. The molecule has 0 heterocycles. The molecule has 0 unspecified atom stereocenters. The molecule has 2 aromatic carbocycles. The maximum Gasteiger partial charge on any atom is 0.119 e. The van der Waals surface area contributed by atoms with Crippen LogP contribution in [0.2, 0.25) is 0 Å². The third-order valence-corrected chi connectivity index (χ3v) is 4.01. The highest BCUT2D eigenvalue weighted by molar-refractivity contribution is 5.41. The van der Waals surface area contributed by atoms with Crippen LogP contribution in [0.5, 0.6) is 5.75 Å². The van der Waals surface area contributed by atoms with Crippen LogP contribution >= 0.6 is 0 Å². The molecule has 98 valence electrons. The predicted molar refractivity (Wildman–Crippen MR) is 75.5 cm³/mol. The van der Waals surface area contributed by atoms with Gasteiger partial charge in [-0.1, -0.05) is 36.4 Å². The first-order valence-electron chi connectivity index (χ1n) is 6.69. The van der Waals surface area contributed by atoms with Gasteiger partial charge in [0.25, 0.3) is 0 Å². The topological polar surface area (TPSA) is 29.5 Å². The van der Waals surface area contributed by atoms with E-state index in [1.165, 1.54) is 11.1 Å². The number of aliphatic hydroxyl groups is 1. The Bertz CT molecular complexity index is 563. The van der Waals surface area contributed by atoms with Gasteiger partial charge in [-0.2, -0.15) is 0 Å². The molecule has 0 saturated carbocycles. The van der Waals surface area contributed by atoms with Crippen molar-refractivity contribution >= 4 is 0 Å². The van der Waals surface area contributed by atoms with E-state index in [1.54, 1.807) is 7.11 Å². The summed E-state index contributed by atoms with van der Waals surface area (Å²) >= 11 is 0. The fraction of sp³-hybridized carbons (Fsp3) is 0.294. The molecule has 0 radical (unpaired) electrons. The summed E-state index contributed by atoms with van der Waals surface area (Å²) in [5.74, 6) is 0.993. The molecule has 0 aliphatic heterocycles. The van der Waals surface area contributed by atoms with E-state index in [1.807, 2.05) is 30.3 Å². The van der Waals surface area contributed by atoms with Gasteiger partial charge in [-0.3, -0.25) is 0 Å². The average molecular weight is 254 g/mol. The van der Waals surface area contributed by atoms with Gasteiger partial charge in [0.1, 0.15) is 5.75 Å². The van der Waals surface area contributed by atoms with Gasteiger partial charge in [-0.05, 0) is 41.7 Å². The van der Waals surface area contributed by atoms with E-state index in [9.17, 15) is 5.11 Å². The molecule has 0 fully saturated rings. The molecular weight excluding hydrogens is 236 g/mol. The SMILES string of the molecule is COc1ccc2c(c1)[C@@H](O)[C@@H](c1ccccc1)CC2. The Morgan fingerprint density at radius 2 is 1.89 bits per heavy atom. The zero-order valence-corrected chi connectivity index (χ0v) is 11.0. The van der Waals surface area contributed by atoms with Gasteiger partial charge in [0, 0.05) is 5.92 Å². The number of hydrogen-bond acceptors (Lipinski definition) is 2. The third-order valence-electron chi connectivity index (χ3n) is 4.01. The first kappa shape index (κ1) is 12.2. The number of ether oxygens (including phenoxy) is 1. The van der Waals surface area contributed by atoms with Crippen molar-refractivity contribution in [2.24, 2.45) is 0 Å². The van der Waals surface area contributed by atoms with Crippen LogP contribution in [0, 0.1) is 0 Å². The van der Waals surface area contributed by atoms with Crippen molar-refractivity contribution in [1.82, 2.24) is 0 Å². The number of rotatable bonds is 2. The summed E-state index contributed by atoms with van der Waals surface area (Å²) in [6.07, 6.45) is 1.56. The lowest BCUT2D eigenvalue weighted by atomic mass is 9.78. The fourth-order valence-electron chi connectivity index (χ4n) is 2.94. The van der Waals surface area contributed by atoms with Crippen LogP contribution in [0.1, 0.15) is 35.1 Å². The molecule has 0 saturated heterocycles. The monoisotopic (exact) mass is 254 g/mol. The van der Waals surface area contributed by atoms with Crippen LogP contribution in [0.15, 0.2) is 48.5 Å². The second-order valence-corrected chi connectivity index (χ2v) is 5.07. The quantitative estimate of drug-likeness (QED) is 0.889. The third kappa shape index (κ3) is 2.24. The molecule has 1 N–H and O–H groups in total. The van der Waals surface area contributed by atoms with Crippen LogP contribution in [-0.2, 0) is 6.42 Å². The van der Waals surface area contributed by atoms with Crippen molar-refractivity contribution in [3.63, 3.8) is 0 Å². The number of fused-ring (bicyclic) bond motifs is 1. The Hall–Kier alpha value is -1.80. The van der Waals surface area contributed by atoms with E-state index >= 15 is 0 Å². The molecule has 19 heavy (non-hydrogen) atoms. The largest absolute Gasteiger partial charge is 0.497 e. The maximum absolute atomic E-state index is 10.6. The van der Waals surface area contributed by atoms with Crippen molar-refractivity contribution in [2.45, 2.75) is 24.9 Å². The van der Waals surface area contributed by atoms with E-state index < -0.39 is 6.10 Å². The molecule has 0 amide bonds. The fourth-order valence-corrected chi connectivity index (χ4v) is 2.94. The summed E-state index contributed by atoms with van der Waals surface area (Å²) < 4.78 is 5.26. The first-order valence-corrected chi connectivity index (χ1v) is 6.69. The smallest absolute Gasteiger partial charge is 0.119 e. The Kier molecular flexibility index (Phi) is 3.26. The summed E-state index contributed by atoms with van der Waals surface area (Å²) in [6, 6.07) is 16.3. The van der Waals surface area contributed by atoms with Gasteiger partial charge in [0.2, 0.25) is 0 Å². The molecule has 2 nitrogen and oxygen atoms in total. The zero-order chi connectivity index (χ0) is 13.2. The summed E-state index contributed by atoms with van der Waals surface area (Å²) in [4.78, 5) is 0. The lowest BCUT2D eigenvalue weighted by Crippen LogP contribution is -2.19. The Morgan fingerprint density at radius 1 is 1.11 bits per heavy atom. The standard InChI is InChI=1S/C17H18O2/c1-19-14-9-7-13-8-10-15(17(18)16(13)11-14)12-5-3-2-4-6-12/h2-7,9,11,15,17-18H,8,10H2,1H3/t15-,17+/m1/s1. The first-order chi connectivity index (χ1) is 9.29. The van der Waals surface area contributed by atoms with Gasteiger partial charge in [-0.25, -0.2) is 0 Å². The second-order valence-electron chi connectivity index (χ2n) is 5.07. The van der Waals surface area contributed by atoms with E-state index in [0.29, 0.717) is 0 Å². The number of aliphatic hydroxyl groups excluding tert-OH is 1. The van der Waals surface area contributed by atoms with Crippen LogP contribution in [0.25, 0.3) is 0 Å². The van der Waals surface area contributed by atoms with Crippen molar-refractivity contribution in [3.05, 3.63) is 65.2 Å². The summed E-state index contributed by atoms with van der Waals surface area (Å²) in [6.45, 7) is 0. The van der Waals surface area contributed by atoms with Gasteiger partial charge in [-0.15, -0.1) is 0 Å². The average Bonchev–Trinajstić information content (AvgIpc) is 2.48.